The summed E-state index contributed by atoms with van der Waals surface area (Å²) in [6.45, 7) is 1.30. The molecule has 0 fully saturated rings. The Kier molecular flexibility index (Phi) is 2.12. The van der Waals surface area contributed by atoms with Crippen LogP contribution >= 0.6 is 0 Å². The highest BCUT2D eigenvalue weighted by Gasteiger charge is 2.21. The summed E-state index contributed by atoms with van der Waals surface area (Å²) in [4.78, 5) is 0. The molecule has 5 heteroatoms. The third-order valence-corrected chi connectivity index (χ3v) is 1.99. The fourth-order valence-corrected chi connectivity index (χ4v) is 1.40. The number of para-hydroxylation sites is 1. The van der Waals surface area contributed by atoms with E-state index in [1.54, 1.807) is 12.1 Å². The van der Waals surface area contributed by atoms with Crippen LogP contribution in [0.1, 0.15) is 0 Å². The first-order valence-corrected chi connectivity index (χ1v) is 4.15. The van der Waals surface area contributed by atoms with E-state index < -0.39 is 7.12 Å². The summed E-state index contributed by atoms with van der Waals surface area (Å²) < 4.78 is 5.33. The summed E-state index contributed by atoms with van der Waals surface area (Å²) >= 11 is 0. The highest BCUT2D eigenvalue weighted by Crippen LogP contribution is 2.24. The molecule has 1 aromatic rings. The van der Waals surface area contributed by atoms with Gasteiger partial charge >= 0.3 is 7.12 Å². The Hall–Kier alpha value is -1.20. The van der Waals surface area contributed by atoms with E-state index in [9.17, 15) is 0 Å². The predicted octanol–water partition coefficient (Wildman–Crippen LogP) is -0.829. The van der Waals surface area contributed by atoms with Crippen molar-refractivity contribution < 1.29 is 14.8 Å². The molecule has 3 N–H and O–H groups in total. The smallest absolute Gasteiger partial charge is 0.490 e. The lowest BCUT2D eigenvalue weighted by Crippen LogP contribution is -2.34. The Bertz CT molecular complexity index is 316. The zero-order valence-electron chi connectivity index (χ0n) is 7.03. The molecule has 1 aliphatic heterocycles. The number of ether oxygens (including phenoxy) is 1. The Morgan fingerprint density at radius 2 is 2.23 bits per heavy atom. The van der Waals surface area contributed by atoms with Gasteiger partial charge in [-0.1, -0.05) is 12.1 Å². The van der Waals surface area contributed by atoms with Gasteiger partial charge in [-0.2, -0.15) is 0 Å². The van der Waals surface area contributed by atoms with E-state index in [1.807, 2.05) is 6.07 Å². The van der Waals surface area contributed by atoms with Crippen LogP contribution in [0.3, 0.4) is 0 Å². The molecule has 0 saturated heterocycles. The van der Waals surface area contributed by atoms with E-state index in [4.69, 9.17) is 14.8 Å². The number of anilines is 1. The fraction of sp³-hybridized carbons (Fsp3) is 0.250. The van der Waals surface area contributed by atoms with Crippen LogP contribution < -0.4 is 15.5 Å². The number of fused-ring (bicyclic) bond motifs is 1. The van der Waals surface area contributed by atoms with E-state index in [0.717, 1.165) is 12.2 Å². The zero-order chi connectivity index (χ0) is 9.26. The van der Waals surface area contributed by atoms with Gasteiger partial charge in [-0.05, 0) is 6.07 Å². The summed E-state index contributed by atoms with van der Waals surface area (Å²) in [5.41, 5.74) is 1.22. The van der Waals surface area contributed by atoms with E-state index in [1.165, 1.54) is 0 Å². The molecule has 0 amide bonds. The maximum absolute atomic E-state index is 9.03. The Morgan fingerprint density at radius 1 is 1.38 bits per heavy atom. The Labute approximate surface area is 76.3 Å². The molecular weight excluding hydrogens is 169 g/mol. The van der Waals surface area contributed by atoms with Crippen LogP contribution in [0.2, 0.25) is 0 Å². The first kappa shape index (κ1) is 8.41. The standard InChI is InChI=1S/C8H10BNO3/c11-9(12)6-2-1-3-7-8(6)13-5-4-10-7/h1-3,10-12H,4-5H2. The molecule has 0 aliphatic carbocycles. The van der Waals surface area contributed by atoms with E-state index in [-0.39, 0.29) is 0 Å². The molecule has 0 radical (unpaired) electrons. The van der Waals surface area contributed by atoms with Crippen LogP contribution in [-0.4, -0.2) is 30.3 Å². The fourth-order valence-electron chi connectivity index (χ4n) is 1.40. The molecule has 4 nitrogen and oxygen atoms in total. The molecule has 68 valence electrons. The van der Waals surface area contributed by atoms with Gasteiger partial charge in [0.1, 0.15) is 12.4 Å². The van der Waals surface area contributed by atoms with Gasteiger partial charge in [0.05, 0.1) is 5.69 Å². The molecule has 0 atom stereocenters. The average molecular weight is 179 g/mol. The monoisotopic (exact) mass is 179 g/mol. The molecule has 13 heavy (non-hydrogen) atoms. The quantitative estimate of drug-likeness (QED) is 0.492. The van der Waals surface area contributed by atoms with E-state index in [2.05, 4.69) is 5.32 Å². The van der Waals surface area contributed by atoms with E-state index >= 15 is 0 Å². The third-order valence-electron chi connectivity index (χ3n) is 1.99. The molecule has 0 saturated carbocycles. The van der Waals surface area contributed by atoms with Gasteiger partial charge in [0.15, 0.2) is 0 Å². The Balaban J connectivity index is 2.46. The van der Waals surface area contributed by atoms with Crippen molar-refractivity contribution in [3.05, 3.63) is 18.2 Å². The van der Waals surface area contributed by atoms with Crippen molar-refractivity contribution in [1.82, 2.24) is 0 Å². The lowest BCUT2D eigenvalue weighted by Gasteiger charge is -2.21. The van der Waals surface area contributed by atoms with Crippen LogP contribution in [0.15, 0.2) is 18.2 Å². The molecular formula is C8H10BNO3. The largest absolute Gasteiger partial charge is 0.492 e. The molecule has 2 rings (SSSR count). The van der Waals surface area contributed by atoms with Crippen molar-refractivity contribution in [2.75, 3.05) is 18.5 Å². The van der Waals surface area contributed by atoms with Gasteiger partial charge in [-0.15, -0.1) is 0 Å². The van der Waals surface area contributed by atoms with Crippen LogP contribution in [0.4, 0.5) is 5.69 Å². The zero-order valence-corrected chi connectivity index (χ0v) is 7.03. The van der Waals surface area contributed by atoms with Gasteiger partial charge in [-0.25, -0.2) is 0 Å². The summed E-state index contributed by atoms with van der Waals surface area (Å²) in [6, 6.07) is 5.24. The highest BCUT2D eigenvalue weighted by atomic mass is 16.5. The summed E-state index contributed by atoms with van der Waals surface area (Å²) in [5.74, 6) is 0.545. The molecule has 0 aromatic heterocycles. The van der Waals surface area contributed by atoms with Crippen LogP contribution in [0.25, 0.3) is 0 Å². The number of nitrogens with one attached hydrogen (secondary N) is 1. The lowest BCUT2D eigenvalue weighted by molar-refractivity contribution is 0.323. The molecule has 0 bridgehead atoms. The number of benzene rings is 1. The molecule has 1 aliphatic rings. The van der Waals surface area contributed by atoms with Gasteiger partial charge in [-0.3, -0.25) is 0 Å². The second-order valence-electron chi connectivity index (χ2n) is 2.87. The second-order valence-corrected chi connectivity index (χ2v) is 2.87. The Morgan fingerprint density at radius 3 is 3.00 bits per heavy atom. The van der Waals surface area contributed by atoms with Crippen LogP contribution in [-0.2, 0) is 0 Å². The summed E-state index contributed by atoms with van der Waals surface area (Å²) in [6.07, 6.45) is 0. The van der Waals surface area contributed by atoms with Crippen molar-refractivity contribution in [3.8, 4) is 5.75 Å². The maximum Gasteiger partial charge on any atom is 0.492 e. The maximum atomic E-state index is 9.03. The molecule has 1 heterocycles. The van der Waals surface area contributed by atoms with Gasteiger partial charge < -0.3 is 20.1 Å². The van der Waals surface area contributed by atoms with E-state index in [0.29, 0.717) is 17.8 Å². The average Bonchev–Trinajstić information content (AvgIpc) is 2.17. The number of hydrogen-bond donors (Lipinski definition) is 3. The van der Waals surface area contributed by atoms with Crippen molar-refractivity contribution in [3.63, 3.8) is 0 Å². The number of rotatable bonds is 1. The van der Waals surface area contributed by atoms with Crippen molar-refractivity contribution in [1.29, 1.82) is 0 Å². The van der Waals surface area contributed by atoms with Crippen LogP contribution in [0, 0.1) is 0 Å². The number of hydrogen-bond acceptors (Lipinski definition) is 4. The first-order chi connectivity index (χ1) is 6.29. The van der Waals surface area contributed by atoms with Crippen molar-refractivity contribution in [2.24, 2.45) is 0 Å². The van der Waals surface area contributed by atoms with Gasteiger partial charge in [0.25, 0.3) is 0 Å². The topological polar surface area (TPSA) is 61.7 Å². The molecule has 0 spiro atoms. The SMILES string of the molecule is OB(O)c1cccc2c1OCCN2. The normalized spacial score (nSPS) is 14.0. The highest BCUT2D eigenvalue weighted by molar-refractivity contribution is 6.60. The summed E-state index contributed by atoms with van der Waals surface area (Å²) in [5, 5.41) is 21.2. The van der Waals surface area contributed by atoms with Crippen LogP contribution in [0.5, 0.6) is 5.75 Å². The lowest BCUT2D eigenvalue weighted by atomic mass is 9.79. The third kappa shape index (κ3) is 1.48. The summed E-state index contributed by atoms with van der Waals surface area (Å²) in [7, 11) is -1.48. The van der Waals surface area contributed by atoms with Gasteiger partial charge in [0, 0.05) is 12.0 Å². The minimum Gasteiger partial charge on any atom is -0.490 e. The van der Waals surface area contributed by atoms with Gasteiger partial charge in [0.2, 0.25) is 0 Å². The van der Waals surface area contributed by atoms with Crippen molar-refractivity contribution in [2.45, 2.75) is 0 Å². The minimum atomic E-state index is -1.48. The second kappa shape index (κ2) is 3.28. The predicted molar refractivity (Wildman–Crippen MR) is 50.3 cm³/mol. The minimum absolute atomic E-state index is 0.407. The molecule has 0 unspecified atom stereocenters. The van der Waals surface area contributed by atoms with Crippen molar-refractivity contribution >= 4 is 18.3 Å². The molecule has 1 aromatic carbocycles. The first-order valence-electron chi connectivity index (χ1n) is 4.15.